The Labute approximate surface area is 68.1 Å². The van der Waals surface area contributed by atoms with E-state index in [4.69, 9.17) is 5.11 Å². The van der Waals surface area contributed by atoms with Gasteiger partial charge in [0.1, 0.15) is 0 Å². The van der Waals surface area contributed by atoms with Crippen LogP contribution in [-0.2, 0) is 0 Å². The second kappa shape index (κ2) is 1.89. The molecule has 2 aliphatic carbocycles. The molecule has 0 aromatic rings. The Morgan fingerprint density at radius 3 is 2.64 bits per heavy atom. The number of aliphatic hydroxyl groups excluding tert-OH is 1. The molecule has 1 unspecified atom stereocenters. The molecule has 0 saturated heterocycles. The standard InChI is InChI=1S/C10H16O/c1-6-8-4-7(5-11)9(8)10(6,2)3/h4,6,8-9,11H,5H2,1-3H3/t6-,8?,9-/m0/s1. The molecule has 1 fully saturated rings. The Bertz CT molecular complexity index is 215. The van der Waals surface area contributed by atoms with Gasteiger partial charge in [0.25, 0.3) is 0 Å². The van der Waals surface area contributed by atoms with Crippen molar-refractivity contribution in [1.82, 2.24) is 0 Å². The highest BCUT2D eigenvalue weighted by Gasteiger charge is 2.58. The molecule has 0 aromatic carbocycles. The minimum atomic E-state index is 0.275. The molecule has 0 heterocycles. The normalized spacial score (nSPS) is 45.1. The van der Waals surface area contributed by atoms with Crippen molar-refractivity contribution in [3.8, 4) is 0 Å². The molecule has 0 amide bonds. The summed E-state index contributed by atoms with van der Waals surface area (Å²) in [5, 5.41) is 8.96. The van der Waals surface area contributed by atoms with E-state index in [1.807, 2.05) is 0 Å². The van der Waals surface area contributed by atoms with Crippen LogP contribution in [0.2, 0.25) is 0 Å². The molecule has 11 heavy (non-hydrogen) atoms. The second-order valence-electron chi connectivity index (χ2n) is 4.56. The zero-order valence-electron chi connectivity index (χ0n) is 7.46. The van der Waals surface area contributed by atoms with Crippen molar-refractivity contribution in [3.63, 3.8) is 0 Å². The number of hydrogen-bond donors (Lipinski definition) is 1. The lowest BCUT2D eigenvalue weighted by molar-refractivity contribution is -0.0661. The lowest BCUT2D eigenvalue weighted by atomic mass is 9.42. The first kappa shape index (κ1) is 7.35. The lowest BCUT2D eigenvalue weighted by Crippen LogP contribution is -2.57. The molecule has 2 aliphatic rings. The third-order valence-corrected chi connectivity index (χ3v) is 3.93. The third kappa shape index (κ3) is 0.652. The van der Waals surface area contributed by atoms with E-state index in [0.29, 0.717) is 11.3 Å². The monoisotopic (exact) mass is 152 g/mol. The fourth-order valence-electron chi connectivity index (χ4n) is 2.79. The van der Waals surface area contributed by atoms with Crippen LogP contribution in [0.25, 0.3) is 0 Å². The Morgan fingerprint density at radius 2 is 2.18 bits per heavy atom. The summed E-state index contributed by atoms with van der Waals surface area (Å²) in [6.45, 7) is 7.20. The van der Waals surface area contributed by atoms with E-state index in [1.54, 1.807) is 0 Å². The van der Waals surface area contributed by atoms with Crippen LogP contribution in [0.4, 0.5) is 0 Å². The van der Waals surface area contributed by atoms with Crippen molar-refractivity contribution >= 4 is 0 Å². The van der Waals surface area contributed by atoms with Crippen molar-refractivity contribution in [2.24, 2.45) is 23.2 Å². The molecule has 1 nitrogen and oxygen atoms in total. The van der Waals surface area contributed by atoms with Crippen LogP contribution in [0, 0.1) is 23.2 Å². The summed E-state index contributed by atoms with van der Waals surface area (Å²) in [4.78, 5) is 0. The van der Waals surface area contributed by atoms with Crippen LogP contribution in [0.5, 0.6) is 0 Å². The van der Waals surface area contributed by atoms with Crippen molar-refractivity contribution in [2.45, 2.75) is 20.8 Å². The molecule has 1 heteroatoms. The first-order chi connectivity index (χ1) is 5.09. The fourth-order valence-corrected chi connectivity index (χ4v) is 2.79. The first-order valence-electron chi connectivity index (χ1n) is 4.40. The second-order valence-corrected chi connectivity index (χ2v) is 4.56. The van der Waals surface area contributed by atoms with Crippen LogP contribution >= 0.6 is 0 Å². The van der Waals surface area contributed by atoms with Crippen LogP contribution in [0.1, 0.15) is 20.8 Å². The van der Waals surface area contributed by atoms with E-state index >= 15 is 0 Å². The number of allylic oxidation sites excluding steroid dienone is 1. The Morgan fingerprint density at radius 1 is 1.55 bits per heavy atom. The highest BCUT2D eigenvalue weighted by molar-refractivity contribution is 5.33. The van der Waals surface area contributed by atoms with Gasteiger partial charge in [-0.2, -0.15) is 0 Å². The van der Waals surface area contributed by atoms with Gasteiger partial charge in [0.05, 0.1) is 6.61 Å². The van der Waals surface area contributed by atoms with Crippen molar-refractivity contribution in [3.05, 3.63) is 11.6 Å². The molecule has 0 aliphatic heterocycles. The summed E-state index contributed by atoms with van der Waals surface area (Å²) >= 11 is 0. The van der Waals surface area contributed by atoms with Gasteiger partial charge in [-0.25, -0.2) is 0 Å². The topological polar surface area (TPSA) is 20.2 Å². The smallest absolute Gasteiger partial charge is 0.0644 e. The van der Waals surface area contributed by atoms with Gasteiger partial charge < -0.3 is 5.11 Å². The van der Waals surface area contributed by atoms with E-state index in [1.165, 1.54) is 5.57 Å². The molecule has 0 spiro atoms. The Hall–Kier alpha value is -0.300. The van der Waals surface area contributed by atoms with Crippen molar-refractivity contribution in [1.29, 1.82) is 0 Å². The van der Waals surface area contributed by atoms with Crippen LogP contribution in [0.15, 0.2) is 11.6 Å². The number of aliphatic hydroxyl groups is 1. The lowest BCUT2D eigenvalue weighted by Gasteiger charge is -2.63. The summed E-state index contributed by atoms with van der Waals surface area (Å²) in [7, 11) is 0. The number of hydrogen-bond acceptors (Lipinski definition) is 1. The largest absolute Gasteiger partial charge is 0.392 e. The minimum Gasteiger partial charge on any atom is -0.392 e. The quantitative estimate of drug-likeness (QED) is 0.568. The van der Waals surface area contributed by atoms with Crippen LogP contribution < -0.4 is 0 Å². The first-order valence-corrected chi connectivity index (χ1v) is 4.40. The predicted octanol–water partition coefficient (Wildman–Crippen LogP) is 1.83. The molecule has 62 valence electrons. The SMILES string of the molecule is C[C@H]1C2C=C(CO)[C@@H]2C1(C)C. The Kier molecular flexibility index (Phi) is 1.26. The van der Waals surface area contributed by atoms with Crippen molar-refractivity contribution in [2.75, 3.05) is 6.61 Å². The summed E-state index contributed by atoms with van der Waals surface area (Å²) in [5.74, 6) is 2.29. The van der Waals surface area contributed by atoms with Gasteiger partial charge in [-0.3, -0.25) is 0 Å². The molecule has 1 N–H and O–H groups in total. The van der Waals surface area contributed by atoms with Crippen molar-refractivity contribution < 1.29 is 5.11 Å². The molecule has 0 bridgehead atoms. The average Bonchev–Trinajstić information content (AvgIpc) is 1.85. The third-order valence-electron chi connectivity index (χ3n) is 3.93. The highest BCUT2D eigenvalue weighted by Crippen LogP contribution is 2.64. The fraction of sp³-hybridized carbons (Fsp3) is 0.800. The van der Waals surface area contributed by atoms with E-state index in [0.717, 1.165) is 11.8 Å². The zero-order chi connectivity index (χ0) is 8.22. The van der Waals surface area contributed by atoms with E-state index in [9.17, 15) is 0 Å². The number of fused-ring (bicyclic) bond motifs is 1. The van der Waals surface area contributed by atoms with E-state index < -0.39 is 0 Å². The van der Waals surface area contributed by atoms with Crippen LogP contribution in [-0.4, -0.2) is 11.7 Å². The summed E-state index contributed by atoms with van der Waals surface area (Å²) in [6, 6.07) is 0. The molecule has 3 atom stereocenters. The molecule has 0 radical (unpaired) electrons. The molecule has 1 saturated carbocycles. The minimum absolute atomic E-state index is 0.275. The average molecular weight is 152 g/mol. The summed E-state index contributed by atoms with van der Waals surface area (Å²) in [5.41, 5.74) is 1.72. The molecular weight excluding hydrogens is 136 g/mol. The van der Waals surface area contributed by atoms with Gasteiger partial charge >= 0.3 is 0 Å². The van der Waals surface area contributed by atoms with Gasteiger partial charge in [-0.1, -0.05) is 26.8 Å². The zero-order valence-corrected chi connectivity index (χ0v) is 7.46. The van der Waals surface area contributed by atoms with E-state index in [2.05, 4.69) is 26.8 Å². The van der Waals surface area contributed by atoms with Gasteiger partial charge in [-0.05, 0) is 28.7 Å². The maximum atomic E-state index is 8.96. The maximum absolute atomic E-state index is 8.96. The molecular formula is C10H16O. The van der Waals surface area contributed by atoms with E-state index in [-0.39, 0.29) is 6.61 Å². The van der Waals surface area contributed by atoms with Gasteiger partial charge in [0, 0.05) is 0 Å². The van der Waals surface area contributed by atoms with Gasteiger partial charge in [0.2, 0.25) is 0 Å². The maximum Gasteiger partial charge on any atom is 0.0644 e. The van der Waals surface area contributed by atoms with Gasteiger partial charge in [0.15, 0.2) is 0 Å². The summed E-state index contributed by atoms with van der Waals surface area (Å²) in [6.07, 6.45) is 2.25. The molecule has 0 aromatic heterocycles. The van der Waals surface area contributed by atoms with Crippen LogP contribution in [0.3, 0.4) is 0 Å². The summed E-state index contributed by atoms with van der Waals surface area (Å²) < 4.78 is 0. The van der Waals surface area contributed by atoms with Gasteiger partial charge in [-0.15, -0.1) is 0 Å². The highest BCUT2D eigenvalue weighted by atomic mass is 16.3. The molecule has 2 rings (SSSR count). The predicted molar refractivity (Wildman–Crippen MR) is 45.1 cm³/mol. The Balaban J connectivity index is 2.19. The number of rotatable bonds is 1.